The Morgan fingerprint density at radius 1 is 1.41 bits per heavy atom. The van der Waals surface area contributed by atoms with Crippen LogP contribution in [0.5, 0.6) is 0 Å². The SMILES string of the molecule is Cc1cc(C)n(CC(=O)NCC2CCN(CC(C)(C)C)C2)n1. The van der Waals surface area contributed by atoms with Crippen LogP contribution in [0.3, 0.4) is 0 Å². The Kier molecular flexibility index (Phi) is 5.27. The molecule has 0 saturated carbocycles. The van der Waals surface area contributed by atoms with Gasteiger partial charge in [0.2, 0.25) is 5.91 Å². The van der Waals surface area contributed by atoms with Gasteiger partial charge >= 0.3 is 0 Å². The molecule has 1 amide bonds. The number of aryl methyl sites for hydroxylation is 2. The molecule has 0 aromatic carbocycles. The molecule has 0 bridgehead atoms. The molecule has 124 valence electrons. The van der Waals surface area contributed by atoms with E-state index in [1.165, 1.54) is 6.42 Å². The smallest absolute Gasteiger partial charge is 0.241 e. The fourth-order valence-electron chi connectivity index (χ4n) is 3.18. The summed E-state index contributed by atoms with van der Waals surface area (Å²) in [7, 11) is 0. The van der Waals surface area contributed by atoms with Crippen LogP contribution in [0.4, 0.5) is 0 Å². The fraction of sp³-hybridized carbons (Fsp3) is 0.765. The average molecular weight is 306 g/mol. The Labute approximate surface area is 134 Å². The number of hydrogen-bond donors (Lipinski definition) is 1. The van der Waals surface area contributed by atoms with Gasteiger partial charge in [0.05, 0.1) is 5.69 Å². The van der Waals surface area contributed by atoms with Crippen molar-refractivity contribution in [3.8, 4) is 0 Å². The number of nitrogens with zero attached hydrogens (tertiary/aromatic N) is 3. The number of rotatable bonds is 5. The van der Waals surface area contributed by atoms with Gasteiger partial charge in [-0.2, -0.15) is 5.10 Å². The van der Waals surface area contributed by atoms with E-state index in [0.29, 0.717) is 17.9 Å². The Morgan fingerprint density at radius 2 is 2.14 bits per heavy atom. The molecule has 2 heterocycles. The standard InChI is InChI=1S/C17H30N4O/c1-13-8-14(2)21(19-13)11-16(22)18-9-15-6-7-20(10-15)12-17(3,4)5/h8,15H,6-7,9-12H2,1-5H3,(H,18,22). The minimum absolute atomic E-state index is 0.0560. The number of amides is 1. The summed E-state index contributed by atoms with van der Waals surface area (Å²) < 4.78 is 1.77. The Hall–Kier alpha value is -1.36. The lowest BCUT2D eigenvalue weighted by atomic mass is 9.96. The van der Waals surface area contributed by atoms with E-state index < -0.39 is 0 Å². The molecule has 1 unspecified atom stereocenters. The topological polar surface area (TPSA) is 50.2 Å². The van der Waals surface area contributed by atoms with E-state index in [-0.39, 0.29) is 5.91 Å². The summed E-state index contributed by atoms with van der Waals surface area (Å²) in [5.41, 5.74) is 2.33. The maximum Gasteiger partial charge on any atom is 0.241 e. The number of likely N-dealkylation sites (tertiary alicyclic amines) is 1. The van der Waals surface area contributed by atoms with Crippen molar-refractivity contribution in [3.05, 3.63) is 17.5 Å². The predicted molar refractivity (Wildman–Crippen MR) is 88.7 cm³/mol. The average Bonchev–Trinajstić information content (AvgIpc) is 2.92. The summed E-state index contributed by atoms with van der Waals surface area (Å²) in [6, 6.07) is 1.99. The Bertz CT molecular complexity index is 515. The van der Waals surface area contributed by atoms with Gasteiger partial charge in [-0.05, 0) is 44.2 Å². The molecule has 2 rings (SSSR count). The van der Waals surface area contributed by atoms with E-state index in [9.17, 15) is 4.79 Å². The third-order valence-corrected chi connectivity index (χ3v) is 4.05. The summed E-state index contributed by atoms with van der Waals surface area (Å²) in [6.07, 6.45) is 1.18. The second-order valence-electron chi connectivity index (χ2n) is 7.84. The number of carbonyl (C=O) groups is 1. The van der Waals surface area contributed by atoms with Crippen LogP contribution in [-0.2, 0) is 11.3 Å². The Balaban J connectivity index is 1.72. The lowest BCUT2D eigenvalue weighted by Crippen LogP contribution is -2.35. The highest BCUT2D eigenvalue weighted by Crippen LogP contribution is 2.21. The van der Waals surface area contributed by atoms with Crippen molar-refractivity contribution in [3.63, 3.8) is 0 Å². The molecule has 22 heavy (non-hydrogen) atoms. The quantitative estimate of drug-likeness (QED) is 0.905. The lowest BCUT2D eigenvalue weighted by Gasteiger charge is -2.26. The van der Waals surface area contributed by atoms with Crippen molar-refractivity contribution in [1.82, 2.24) is 20.0 Å². The first kappa shape index (κ1) is 17.0. The molecule has 1 fully saturated rings. The van der Waals surface area contributed by atoms with E-state index in [1.54, 1.807) is 4.68 Å². The van der Waals surface area contributed by atoms with Crippen LogP contribution < -0.4 is 5.32 Å². The Morgan fingerprint density at radius 3 is 2.73 bits per heavy atom. The van der Waals surface area contributed by atoms with Gasteiger partial charge in [0.15, 0.2) is 0 Å². The molecule has 1 aromatic heterocycles. The van der Waals surface area contributed by atoms with Crippen molar-refractivity contribution in [2.45, 2.75) is 47.6 Å². The second kappa shape index (κ2) is 6.82. The molecule has 0 spiro atoms. The second-order valence-corrected chi connectivity index (χ2v) is 7.84. The zero-order valence-electron chi connectivity index (χ0n) is 14.6. The first-order valence-electron chi connectivity index (χ1n) is 8.23. The number of aromatic nitrogens is 2. The largest absolute Gasteiger partial charge is 0.354 e. The molecule has 5 nitrogen and oxygen atoms in total. The zero-order valence-corrected chi connectivity index (χ0v) is 14.6. The third-order valence-electron chi connectivity index (χ3n) is 4.05. The van der Waals surface area contributed by atoms with Crippen molar-refractivity contribution in [2.75, 3.05) is 26.2 Å². The first-order chi connectivity index (χ1) is 10.2. The zero-order chi connectivity index (χ0) is 16.3. The number of hydrogen-bond acceptors (Lipinski definition) is 3. The van der Waals surface area contributed by atoms with E-state index >= 15 is 0 Å². The predicted octanol–water partition coefficient (Wildman–Crippen LogP) is 1.98. The minimum Gasteiger partial charge on any atom is -0.354 e. The van der Waals surface area contributed by atoms with Crippen molar-refractivity contribution in [2.24, 2.45) is 11.3 Å². The summed E-state index contributed by atoms with van der Waals surface area (Å²) in [6.45, 7) is 15.2. The molecule has 1 N–H and O–H groups in total. The van der Waals surface area contributed by atoms with Gasteiger partial charge in [-0.15, -0.1) is 0 Å². The van der Waals surface area contributed by atoms with Gasteiger partial charge < -0.3 is 10.2 Å². The van der Waals surface area contributed by atoms with Crippen molar-refractivity contribution < 1.29 is 4.79 Å². The maximum atomic E-state index is 12.1. The van der Waals surface area contributed by atoms with Crippen molar-refractivity contribution in [1.29, 1.82) is 0 Å². The van der Waals surface area contributed by atoms with E-state index in [2.05, 4.69) is 36.1 Å². The highest BCUT2D eigenvalue weighted by molar-refractivity contribution is 5.75. The maximum absolute atomic E-state index is 12.1. The van der Waals surface area contributed by atoms with Crippen LogP contribution in [0.1, 0.15) is 38.6 Å². The van der Waals surface area contributed by atoms with Gasteiger partial charge in [-0.3, -0.25) is 9.48 Å². The monoisotopic (exact) mass is 306 g/mol. The summed E-state index contributed by atoms with van der Waals surface area (Å²) >= 11 is 0. The van der Waals surface area contributed by atoms with Gasteiger partial charge in [0.25, 0.3) is 0 Å². The van der Waals surface area contributed by atoms with Gasteiger partial charge in [0.1, 0.15) is 6.54 Å². The van der Waals surface area contributed by atoms with E-state index in [4.69, 9.17) is 0 Å². The highest BCUT2D eigenvalue weighted by atomic mass is 16.2. The summed E-state index contributed by atoms with van der Waals surface area (Å²) in [4.78, 5) is 14.6. The van der Waals surface area contributed by atoms with Gasteiger partial charge in [-0.1, -0.05) is 20.8 Å². The summed E-state index contributed by atoms with van der Waals surface area (Å²) in [5, 5.41) is 7.40. The molecule has 0 radical (unpaired) electrons. The molecule has 1 atom stereocenters. The molecule has 1 aromatic rings. The molecule has 1 aliphatic rings. The normalized spacial score (nSPS) is 19.6. The molecule has 1 aliphatic heterocycles. The highest BCUT2D eigenvalue weighted by Gasteiger charge is 2.26. The van der Waals surface area contributed by atoms with Crippen LogP contribution in [0.25, 0.3) is 0 Å². The molecule has 1 saturated heterocycles. The van der Waals surface area contributed by atoms with Crippen LogP contribution in [0.15, 0.2) is 6.07 Å². The van der Waals surface area contributed by atoms with Gasteiger partial charge in [-0.25, -0.2) is 0 Å². The van der Waals surface area contributed by atoms with Crippen LogP contribution in [-0.4, -0.2) is 46.8 Å². The minimum atomic E-state index is 0.0560. The van der Waals surface area contributed by atoms with Crippen molar-refractivity contribution >= 4 is 5.91 Å². The van der Waals surface area contributed by atoms with Gasteiger partial charge in [0, 0.05) is 25.3 Å². The number of carbonyl (C=O) groups excluding carboxylic acids is 1. The third kappa shape index (κ3) is 5.13. The first-order valence-corrected chi connectivity index (χ1v) is 8.23. The molecular formula is C17H30N4O. The summed E-state index contributed by atoms with van der Waals surface area (Å²) in [5.74, 6) is 0.632. The van der Waals surface area contributed by atoms with Crippen LogP contribution in [0.2, 0.25) is 0 Å². The lowest BCUT2D eigenvalue weighted by molar-refractivity contribution is -0.122. The molecule has 5 heteroatoms. The number of nitrogens with one attached hydrogen (secondary N) is 1. The van der Waals surface area contributed by atoms with Crippen LogP contribution >= 0.6 is 0 Å². The molecular weight excluding hydrogens is 276 g/mol. The molecule has 0 aliphatic carbocycles. The fourth-order valence-corrected chi connectivity index (χ4v) is 3.18. The van der Waals surface area contributed by atoms with E-state index in [1.807, 2.05) is 19.9 Å². The van der Waals surface area contributed by atoms with E-state index in [0.717, 1.165) is 37.6 Å². The van der Waals surface area contributed by atoms with Crippen LogP contribution in [0, 0.1) is 25.2 Å².